The average Bonchev–Trinajstić information content (AvgIpc) is 2.69. The largest absolute Gasteiger partial charge is 0.332 e. The van der Waals surface area contributed by atoms with Gasteiger partial charge in [0.25, 0.3) is 0 Å². The van der Waals surface area contributed by atoms with Crippen molar-refractivity contribution in [1.29, 1.82) is 0 Å². The Labute approximate surface area is 172 Å². The minimum atomic E-state index is -3.43. The fourth-order valence-electron chi connectivity index (χ4n) is 3.36. The lowest BCUT2D eigenvalue weighted by atomic mass is 10.1. The van der Waals surface area contributed by atoms with Crippen molar-refractivity contribution < 1.29 is 13.2 Å². The van der Waals surface area contributed by atoms with Gasteiger partial charge in [0.2, 0.25) is 5.91 Å². The first-order valence-electron chi connectivity index (χ1n) is 9.20. The van der Waals surface area contributed by atoms with Crippen LogP contribution in [0.4, 0.5) is 0 Å². The van der Waals surface area contributed by atoms with Gasteiger partial charge in [-0.3, -0.25) is 9.78 Å². The third kappa shape index (κ3) is 6.29. The highest BCUT2D eigenvalue weighted by atomic mass is 35.5. The summed E-state index contributed by atoms with van der Waals surface area (Å²) in [5.41, 5.74) is 2.03. The molecule has 0 spiro atoms. The van der Waals surface area contributed by atoms with Gasteiger partial charge in [0, 0.05) is 32.0 Å². The number of amides is 1. The van der Waals surface area contributed by atoms with E-state index in [1.165, 1.54) is 0 Å². The molecule has 1 atom stereocenters. The van der Waals surface area contributed by atoms with Crippen LogP contribution in [0, 0.1) is 0 Å². The zero-order valence-corrected chi connectivity index (χ0v) is 17.3. The van der Waals surface area contributed by atoms with Crippen LogP contribution >= 0.6 is 12.4 Å². The van der Waals surface area contributed by atoms with Crippen LogP contribution < -0.4 is 5.32 Å². The lowest BCUT2D eigenvalue weighted by Crippen LogP contribution is -2.50. The molecule has 1 aliphatic rings. The summed E-state index contributed by atoms with van der Waals surface area (Å²) in [5.74, 6) is -0.736. The van der Waals surface area contributed by atoms with Gasteiger partial charge in [-0.1, -0.05) is 36.4 Å². The van der Waals surface area contributed by atoms with Crippen molar-refractivity contribution in [3.05, 3.63) is 66.0 Å². The van der Waals surface area contributed by atoms with Crippen LogP contribution in [0.25, 0.3) is 0 Å². The number of carbonyl (C=O) groups is 1. The molecule has 2 heterocycles. The van der Waals surface area contributed by atoms with E-state index in [0.717, 1.165) is 11.1 Å². The molecule has 8 heteroatoms. The van der Waals surface area contributed by atoms with Crippen LogP contribution in [0.3, 0.4) is 0 Å². The molecular weight excluding hydrogens is 398 g/mol. The molecule has 1 aliphatic heterocycles. The molecule has 6 nitrogen and oxygen atoms in total. The van der Waals surface area contributed by atoms with Gasteiger partial charge >= 0.3 is 0 Å². The molecule has 152 valence electrons. The van der Waals surface area contributed by atoms with E-state index in [1.54, 1.807) is 17.3 Å². The molecule has 1 amide bonds. The van der Waals surface area contributed by atoms with Crippen LogP contribution in [-0.4, -0.2) is 55.3 Å². The molecule has 1 aromatic heterocycles. The van der Waals surface area contributed by atoms with Gasteiger partial charge < -0.3 is 10.2 Å². The van der Waals surface area contributed by atoms with E-state index in [2.05, 4.69) is 10.3 Å². The van der Waals surface area contributed by atoms with Gasteiger partial charge in [0.05, 0.1) is 11.8 Å². The van der Waals surface area contributed by atoms with Gasteiger partial charge in [0.15, 0.2) is 9.84 Å². The number of nitrogens with one attached hydrogen (secondary N) is 1. The Balaban J connectivity index is 0.00000280. The van der Waals surface area contributed by atoms with E-state index in [9.17, 15) is 13.2 Å². The number of pyridine rings is 1. The number of aromatic nitrogens is 1. The Morgan fingerprint density at radius 2 is 1.96 bits per heavy atom. The smallest absolute Gasteiger partial charge is 0.238 e. The summed E-state index contributed by atoms with van der Waals surface area (Å²) in [7, 11) is -3.43. The molecule has 0 bridgehead atoms. The molecule has 0 radical (unpaired) electrons. The molecule has 1 fully saturated rings. The molecule has 1 aromatic carbocycles. The minimum absolute atomic E-state index is 0. The van der Waals surface area contributed by atoms with Crippen molar-refractivity contribution in [2.24, 2.45) is 0 Å². The van der Waals surface area contributed by atoms with E-state index in [0.29, 0.717) is 32.5 Å². The number of aryl methyl sites for hydroxylation is 1. The Hall–Kier alpha value is -1.96. The molecule has 28 heavy (non-hydrogen) atoms. The van der Waals surface area contributed by atoms with Crippen LogP contribution in [0.1, 0.15) is 23.6 Å². The summed E-state index contributed by atoms with van der Waals surface area (Å²) in [6.45, 7) is 1.76. The van der Waals surface area contributed by atoms with Crippen molar-refractivity contribution in [3.63, 3.8) is 0 Å². The van der Waals surface area contributed by atoms with Crippen LogP contribution in [-0.2, 0) is 21.1 Å². The summed E-state index contributed by atoms with van der Waals surface area (Å²) in [5, 5.41) is 3.26. The molecule has 3 rings (SSSR count). The topological polar surface area (TPSA) is 79.4 Å². The maximum Gasteiger partial charge on any atom is 0.238 e. The predicted molar refractivity (Wildman–Crippen MR) is 112 cm³/mol. The van der Waals surface area contributed by atoms with E-state index < -0.39 is 15.6 Å². The number of hydrogen-bond donors (Lipinski definition) is 1. The number of carbonyl (C=O) groups excluding carboxylic acids is 1. The quantitative estimate of drug-likeness (QED) is 0.737. The fraction of sp³-hybridized carbons (Fsp3) is 0.400. The summed E-state index contributed by atoms with van der Waals surface area (Å²) >= 11 is 0. The minimum Gasteiger partial charge on any atom is -0.332 e. The van der Waals surface area contributed by atoms with Crippen molar-refractivity contribution in [1.82, 2.24) is 15.2 Å². The summed E-state index contributed by atoms with van der Waals surface area (Å²) in [6.07, 6.45) is 4.63. The molecule has 1 unspecified atom stereocenters. The van der Waals surface area contributed by atoms with Crippen LogP contribution in [0.5, 0.6) is 0 Å². The van der Waals surface area contributed by atoms with Gasteiger partial charge in [0.1, 0.15) is 5.75 Å². The predicted octanol–water partition coefficient (Wildman–Crippen LogP) is 2.02. The molecule has 0 saturated carbocycles. The lowest BCUT2D eigenvalue weighted by Gasteiger charge is -2.36. The Morgan fingerprint density at radius 1 is 1.18 bits per heavy atom. The number of benzene rings is 1. The highest BCUT2D eigenvalue weighted by Gasteiger charge is 2.30. The SMILES string of the molecule is Cl.O=C(CS(=O)(=O)CCCc1ccccc1)N1CCNCC1c1cccnc1. The van der Waals surface area contributed by atoms with Crippen molar-refractivity contribution in [2.45, 2.75) is 18.9 Å². The number of halogens is 1. The first-order valence-corrected chi connectivity index (χ1v) is 11.0. The first kappa shape index (κ1) is 22.3. The van der Waals surface area contributed by atoms with Crippen LogP contribution in [0.15, 0.2) is 54.9 Å². The van der Waals surface area contributed by atoms with Crippen molar-refractivity contribution >= 4 is 28.2 Å². The second kappa shape index (κ2) is 10.5. The molecular formula is C20H26ClN3O3S. The Kier molecular flexibility index (Phi) is 8.41. The normalized spacial score (nSPS) is 17.0. The number of rotatable bonds is 7. The number of nitrogens with zero attached hydrogens (tertiary/aromatic N) is 2. The second-order valence-corrected chi connectivity index (χ2v) is 8.96. The Morgan fingerprint density at radius 3 is 2.68 bits per heavy atom. The maximum absolute atomic E-state index is 12.7. The maximum atomic E-state index is 12.7. The van der Waals surface area contributed by atoms with Gasteiger partial charge in [-0.15, -0.1) is 12.4 Å². The number of piperazine rings is 1. The highest BCUT2D eigenvalue weighted by molar-refractivity contribution is 7.92. The zero-order valence-electron chi connectivity index (χ0n) is 15.7. The third-order valence-electron chi connectivity index (χ3n) is 4.74. The van der Waals surface area contributed by atoms with E-state index >= 15 is 0 Å². The van der Waals surface area contributed by atoms with Crippen molar-refractivity contribution in [2.75, 3.05) is 31.1 Å². The summed E-state index contributed by atoms with van der Waals surface area (Å²) in [6, 6.07) is 13.3. The molecule has 1 saturated heterocycles. The zero-order chi connectivity index (χ0) is 19.1. The lowest BCUT2D eigenvalue weighted by molar-refractivity contribution is -0.131. The third-order valence-corrected chi connectivity index (χ3v) is 6.34. The first-order chi connectivity index (χ1) is 13.1. The van der Waals surface area contributed by atoms with Crippen molar-refractivity contribution in [3.8, 4) is 0 Å². The van der Waals surface area contributed by atoms with E-state index in [4.69, 9.17) is 0 Å². The molecule has 0 aliphatic carbocycles. The van der Waals surface area contributed by atoms with E-state index in [-0.39, 0.29) is 30.1 Å². The molecule has 1 N–H and O–H groups in total. The highest BCUT2D eigenvalue weighted by Crippen LogP contribution is 2.22. The summed E-state index contributed by atoms with van der Waals surface area (Å²) < 4.78 is 24.9. The monoisotopic (exact) mass is 423 g/mol. The average molecular weight is 424 g/mol. The number of hydrogen-bond acceptors (Lipinski definition) is 5. The van der Waals surface area contributed by atoms with Gasteiger partial charge in [-0.25, -0.2) is 8.42 Å². The summed E-state index contributed by atoms with van der Waals surface area (Å²) in [4.78, 5) is 18.5. The van der Waals surface area contributed by atoms with Gasteiger partial charge in [-0.2, -0.15) is 0 Å². The fourth-order valence-corrected chi connectivity index (χ4v) is 4.63. The molecule has 2 aromatic rings. The van der Waals surface area contributed by atoms with E-state index in [1.807, 2.05) is 42.5 Å². The standard InChI is InChI=1S/C20H25N3O3S.ClH/c24-20(16-27(25,26)13-5-8-17-6-2-1-3-7-17)23-12-11-22-15-19(23)18-9-4-10-21-14-18;/h1-4,6-7,9-10,14,19,22H,5,8,11-13,15-16H2;1H. The Bertz CT molecular complexity index is 848. The second-order valence-electron chi connectivity index (χ2n) is 6.77. The van der Waals surface area contributed by atoms with Gasteiger partial charge in [-0.05, 0) is 30.0 Å². The number of sulfone groups is 1. The van der Waals surface area contributed by atoms with Crippen LogP contribution in [0.2, 0.25) is 0 Å².